The zero-order valence-electron chi connectivity index (χ0n) is 15.1. The fourth-order valence-corrected chi connectivity index (χ4v) is 3.43. The molecule has 1 rings (SSSR count). The molecule has 1 aliphatic carbocycles. The highest BCUT2D eigenvalue weighted by atomic mass is 16.5. The summed E-state index contributed by atoms with van der Waals surface area (Å²) in [6.07, 6.45) is 4.46. The number of carbonyl (C=O) groups excluding carboxylic acids is 1. The largest absolute Gasteiger partial charge is 0.466 e. The lowest BCUT2D eigenvalue weighted by Gasteiger charge is -2.33. The van der Waals surface area contributed by atoms with Gasteiger partial charge in [0.05, 0.1) is 18.6 Å². The Morgan fingerprint density at radius 1 is 1.23 bits per heavy atom. The summed E-state index contributed by atoms with van der Waals surface area (Å²) in [6, 6.07) is 0.523. The SMILES string of the molecule is CCOC(=O)[C@@H]1CC[C@H](NCC[C@H](OCC)C(C)C)C[C@@H]1C. The van der Waals surface area contributed by atoms with Crippen molar-refractivity contribution in [3.05, 3.63) is 0 Å². The first-order chi connectivity index (χ1) is 10.5. The first kappa shape index (κ1) is 19.4. The van der Waals surface area contributed by atoms with Crippen molar-refractivity contribution in [1.29, 1.82) is 0 Å². The van der Waals surface area contributed by atoms with Crippen molar-refractivity contribution in [3.8, 4) is 0 Å². The molecule has 0 aliphatic heterocycles. The molecule has 0 bridgehead atoms. The van der Waals surface area contributed by atoms with Gasteiger partial charge in [0.1, 0.15) is 0 Å². The fraction of sp³-hybridized carbons (Fsp3) is 0.944. The molecule has 0 aromatic rings. The zero-order valence-corrected chi connectivity index (χ0v) is 15.1. The third-order valence-corrected chi connectivity index (χ3v) is 4.74. The lowest BCUT2D eigenvalue weighted by atomic mass is 9.78. The Morgan fingerprint density at radius 2 is 1.95 bits per heavy atom. The van der Waals surface area contributed by atoms with Gasteiger partial charge in [0.15, 0.2) is 0 Å². The smallest absolute Gasteiger partial charge is 0.309 e. The van der Waals surface area contributed by atoms with Gasteiger partial charge in [-0.05, 0) is 57.9 Å². The molecule has 0 heterocycles. The standard InChI is InChI=1S/C18H35NO3/c1-6-21-17(13(3)4)10-11-19-15-8-9-16(14(5)12-15)18(20)22-7-2/h13-17,19H,6-12H2,1-5H3/t14-,15-,16+,17-/m0/s1. The summed E-state index contributed by atoms with van der Waals surface area (Å²) in [5.41, 5.74) is 0. The first-order valence-corrected chi connectivity index (χ1v) is 9.01. The van der Waals surface area contributed by atoms with Gasteiger partial charge < -0.3 is 14.8 Å². The quantitative estimate of drug-likeness (QED) is 0.663. The van der Waals surface area contributed by atoms with Crippen LogP contribution in [0.5, 0.6) is 0 Å². The minimum Gasteiger partial charge on any atom is -0.466 e. The number of carbonyl (C=O) groups is 1. The van der Waals surface area contributed by atoms with Crippen LogP contribution >= 0.6 is 0 Å². The van der Waals surface area contributed by atoms with E-state index in [1.54, 1.807) is 0 Å². The van der Waals surface area contributed by atoms with Gasteiger partial charge in [0, 0.05) is 12.6 Å². The van der Waals surface area contributed by atoms with Crippen LogP contribution in [0.2, 0.25) is 0 Å². The van der Waals surface area contributed by atoms with E-state index in [1.165, 1.54) is 0 Å². The molecule has 0 saturated heterocycles. The third kappa shape index (κ3) is 6.25. The molecule has 4 atom stereocenters. The predicted molar refractivity (Wildman–Crippen MR) is 89.8 cm³/mol. The molecular formula is C18H35NO3. The Hall–Kier alpha value is -0.610. The number of nitrogens with one attached hydrogen (secondary N) is 1. The van der Waals surface area contributed by atoms with Crippen molar-refractivity contribution >= 4 is 5.97 Å². The second kappa shape index (κ2) is 10.2. The maximum atomic E-state index is 11.9. The van der Waals surface area contributed by atoms with Crippen LogP contribution in [0.25, 0.3) is 0 Å². The van der Waals surface area contributed by atoms with Crippen molar-refractivity contribution in [2.75, 3.05) is 19.8 Å². The van der Waals surface area contributed by atoms with Crippen LogP contribution < -0.4 is 5.32 Å². The summed E-state index contributed by atoms with van der Waals surface area (Å²) in [5, 5.41) is 3.66. The van der Waals surface area contributed by atoms with Crippen LogP contribution in [0.1, 0.15) is 60.3 Å². The van der Waals surface area contributed by atoms with Crippen LogP contribution in [-0.2, 0) is 14.3 Å². The van der Waals surface area contributed by atoms with Crippen molar-refractivity contribution in [2.45, 2.75) is 72.4 Å². The molecule has 0 amide bonds. The van der Waals surface area contributed by atoms with Gasteiger partial charge in [-0.1, -0.05) is 20.8 Å². The van der Waals surface area contributed by atoms with Gasteiger partial charge in [-0.25, -0.2) is 0 Å². The predicted octanol–water partition coefficient (Wildman–Crippen LogP) is 3.40. The Labute approximate surface area is 136 Å². The van der Waals surface area contributed by atoms with E-state index in [0.29, 0.717) is 30.6 Å². The Bertz CT molecular complexity index is 319. The number of hydrogen-bond donors (Lipinski definition) is 1. The molecule has 0 radical (unpaired) electrons. The molecule has 4 nitrogen and oxygen atoms in total. The Kier molecular flexibility index (Phi) is 9.03. The molecule has 1 N–H and O–H groups in total. The molecule has 0 unspecified atom stereocenters. The van der Waals surface area contributed by atoms with E-state index < -0.39 is 0 Å². The highest BCUT2D eigenvalue weighted by molar-refractivity contribution is 5.72. The number of rotatable bonds is 9. The molecule has 0 spiro atoms. The Morgan fingerprint density at radius 3 is 2.50 bits per heavy atom. The van der Waals surface area contributed by atoms with E-state index in [9.17, 15) is 4.79 Å². The van der Waals surface area contributed by atoms with Crippen molar-refractivity contribution in [1.82, 2.24) is 5.32 Å². The summed E-state index contributed by atoms with van der Waals surface area (Å²) >= 11 is 0. The number of hydrogen-bond acceptors (Lipinski definition) is 4. The summed E-state index contributed by atoms with van der Waals surface area (Å²) < 4.78 is 11.0. The van der Waals surface area contributed by atoms with E-state index in [0.717, 1.165) is 38.8 Å². The van der Waals surface area contributed by atoms with Crippen LogP contribution in [0.3, 0.4) is 0 Å². The van der Waals surface area contributed by atoms with Gasteiger partial charge in [-0.3, -0.25) is 4.79 Å². The molecule has 4 heteroatoms. The molecule has 1 fully saturated rings. The van der Waals surface area contributed by atoms with Gasteiger partial charge in [0.25, 0.3) is 0 Å². The van der Waals surface area contributed by atoms with Crippen LogP contribution in [-0.4, -0.2) is 37.9 Å². The van der Waals surface area contributed by atoms with Crippen molar-refractivity contribution < 1.29 is 14.3 Å². The van der Waals surface area contributed by atoms with Gasteiger partial charge in [-0.2, -0.15) is 0 Å². The molecule has 130 valence electrons. The average Bonchev–Trinajstić information content (AvgIpc) is 2.46. The van der Waals surface area contributed by atoms with E-state index in [2.05, 4.69) is 33.0 Å². The molecule has 1 saturated carbocycles. The summed E-state index contributed by atoms with van der Waals surface area (Å²) in [6.45, 7) is 12.8. The first-order valence-electron chi connectivity index (χ1n) is 9.01. The molecule has 1 aliphatic rings. The maximum absolute atomic E-state index is 11.9. The molecule has 22 heavy (non-hydrogen) atoms. The summed E-state index contributed by atoms with van der Waals surface area (Å²) in [7, 11) is 0. The van der Waals surface area contributed by atoms with E-state index in [4.69, 9.17) is 9.47 Å². The van der Waals surface area contributed by atoms with Crippen molar-refractivity contribution in [2.24, 2.45) is 17.8 Å². The summed E-state index contributed by atoms with van der Waals surface area (Å²) in [5.74, 6) is 1.04. The van der Waals surface area contributed by atoms with Crippen LogP contribution in [0.15, 0.2) is 0 Å². The lowest BCUT2D eigenvalue weighted by molar-refractivity contribution is -0.151. The highest BCUT2D eigenvalue weighted by Crippen LogP contribution is 2.31. The van der Waals surface area contributed by atoms with Crippen LogP contribution in [0.4, 0.5) is 0 Å². The zero-order chi connectivity index (χ0) is 16.5. The van der Waals surface area contributed by atoms with E-state index in [1.807, 2.05) is 6.92 Å². The average molecular weight is 313 g/mol. The normalized spacial score (nSPS) is 26.9. The fourth-order valence-electron chi connectivity index (χ4n) is 3.43. The van der Waals surface area contributed by atoms with E-state index in [-0.39, 0.29) is 11.9 Å². The topological polar surface area (TPSA) is 47.6 Å². The maximum Gasteiger partial charge on any atom is 0.309 e. The Balaban J connectivity index is 2.30. The van der Waals surface area contributed by atoms with E-state index >= 15 is 0 Å². The highest BCUT2D eigenvalue weighted by Gasteiger charge is 2.33. The monoisotopic (exact) mass is 313 g/mol. The van der Waals surface area contributed by atoms with Gasteiger partial charge in [-0.15, -0.1) is 0 Å². The molecular weight excluding hydrogens is 278 g/mol. The number of ether oxygens (including phenoxy) is 2. The molecule has 0 aromatic carbocycles. The summed E-state index contributed by atoms with van der Waals surface area (Å²) in [4.78, 5) is 11.9. The second-order valence-corrected chi connectivity index (χ2v) is 6.83. The van der Waals surface area contributed by atoms with Crippen LogP contribution in [0, 0.1) is 17.8 Å². The minimum atomic E-state index is -0.00957. The second-order valence-electron chi connectivity index (χ2n) is 6.83. The minimum absolute atomic E-state index is 0.00957. The lowest BCUT2D eigenvalue weighted by Crippen LogP contribution is -2.41. The van der Waals surface area contributed by atoms with Gasteiger partial charge in [0.2, 0.25) is 0 Å². The molecule has 0 aromatic heterocycles. The number of esters is 1. The van der Waals surface area contributed by atoms with Crippen molar-refractivity contribution in [3.63, 3.8) is 0 Å². The third-order valence-electron chi connectivity index (χ3n) is 4.74. The van der Waals surface area contributed by atoms with Gasteiger partial charge >= 0.3 is 5.97 Å².